The first-order chi connectivity index (χ1) is 12.6. The molecule has 6 heteroatoms. The summed E-state index contributed by atoms with van der Waals surface area (Å²) in [6, 6.07) is 13.0. The lowest BCUT2D eigenvalue weighted by atomic mass is 9.98. The van der Waals surface area contributed by atoms with E-state index >= 15 is 0 Å². The molecule has 0 bridgehead atoms. The van der Waals surface area contributed by atoms with Crippen molar-refractivity contribution in [2.75, 3.05) is 5.73 Å². The van der Waals surface area contributed by atoms with Crippen LogP contribution in [-0.2, 0) is 13.0 Å². The second kappa shape index (κ2) is 7.74. The van der Waals surface area contributed by atoms with Crippen LogP contribution < -0.4 is 11.3 Å². The number of pyridine rings is 1. The zero-order valence-electron chi connectivity index (χ0n) is 14.6. The van der Waals surface area contributed by atoms with Crippen molar-refractivity contribution < 1.29 is 4.79 Å². The molecule has 3 rings (SSSR count). The predicted octanol–water partition coefficient (Wildman–Crippen LogP) is 2.72. The molecule has 2 heterocycles. The van der Waals surface area contributed by atoms with E-state index in [1.807, 2.05) is 49.4 Å². The van der Waals surface area contributed by atoms with Crippen LogP contribution >= 0.6 is 0 Å². The summed E-state index contributed by atoms with van der Waals surface area (Å²) in [6.45, 7) is 2.19. The van der Waals surface area contributed by atoms with Crippen LogP contribution in [0, 0.1) is 0 Å². The summed E-state index contributed by atoms with van der Waals surface area (Å²) in [6.07, 6.45) is 4.16. The first-order valence-corrected chi connectivity index (χ1v) is 8.50. The molecule has 132 valence electrons. The van der Waals surface area contributed by atoms with Crippen LogP contribution in [0.2, 0.25) is 0 Å². The number of ketones is 1. The maximum atomic E-state index is 12.9. The Hall–Kier alpha value is -3.28. The smallest absolute Gasteiger partial charge is 0.290 e. The Balaban J connectivity index is 2.03. The number of anilines is 1. The Kier molecular flexibility index (Phi) is 5.22. The minimum Gasteiger partial charge on any atom is -0.394 e. The van der Waals surface area contributed by atoms with Crippen molar-refractivity contribution in [2.45, 2.75) is 26.3 Å². The van der Waals surface area contributed by atoms with Crippen LogP contribution in [0.5, 0.6) is 0 Å². The first-order valence-electron chi connectivity index (χ1n) is 8.50. The quantitative estimate of drug-likeness (QED) is 0.692. The zero-order valence-corrected chi connectivity index (χ0v) is 14.6. The molecule has 6 nitrogen and oxygen atoms in total. The van der Waals surface area contributed by atoms with Crippen molar-refractivity contribution in [1.29, 1.82) is 0 Å². The largest absolute Gasteiger partial charge is 0.394 e. The Morgan fingerprint density at radius 1 is 1.15 bits per heavy atom. The standard InChI is InChI=1S/C20H20N4O2/c1-2-24-20(26)18(21)17(19(23-24)15-8-4-3-5-9-15)16(25)11-10-14-7-6-12-22-13-14/h3-9,12-13H,2,10-11,21H2,1H3. The van der Waals surface area contributed by atoms with Crippen LogP contribution in [0.4, 0.5) is 5.69 Å². The summed E-state index contributed by atoms with van der Waals surface area (Å²) in [5.41, 5.74) is 7.94. The number of aryl methyl sites for hydroxylation is 2. The average Bonchev–Trinajstić information content (AvgIpc) is 2.69. The molecule has 0 fully saturated rings. The number of Topliss-reactive ketones (excluding diaryl/α,β-unsaturated/α-hetero) is 1. The summed E-state index contributed by atoms with van der Waals surface area (Å²) in [4.78, 5) is 29.3. The highest BCUT2D eigenvalue weighted by Crippen LogP contribution is 2.25. The van der Waals surface area contributed by atoms with Gasteiger partial charge < -0.3 is 5.73 Å². The molecular formula is C20H20N4O2. The number of carbonyl (C=O) groups is 1. The highest BCUT2D eigenvalue weighted by molar-refractivity contribution is 6.05. The SMILES string of the molecule is CCn1nc(-c2ccccc2)c(C(=O)CCc2cccnc2)c(N)c1=O. The number of nitrogen functional groups attached to an aromatic ring is 1. The van der Waals surface area contributed by atoms with Gasteiger partial charge in [0.05, 0.1) is 5.56 Å². The summed E-state index contributed by atoms with van der Waals surface area (Å²) >= 11 is 0. The van der Waals surface area contributed by atoms with Crippen LogP contribution in [0.1, 0.15) is 29.3 Å². The Morgan fingerprint density at radius 2 is 1.92 bits per heavy atom. The minimum atomic E-state index is -0.433. The summed E-state index contributed by atoms with van der Waals surface area (Å²) < 4.78 is 1.29. The second-order valence-corrected chi connectivity index (χ2v) is 5.91. The fourth-order valence-electron chi connectivity index (χ4n) is 2.81. The number of rotatable bonds is 6. The summed E-state index contributed by atoms with van der Waals surface area (Å²) in [5, 5.41) is 4.39. The molecule has 0 aliphatic carbocycles. The molecule has 0 radical (unpaired) electrons. The molecule has 3 aromatic rings. The fourth-order valence-corrected chi connectivity index (χ4v) is 2.81. The van der Waals surface area contributed by atoms with Gasteiger partial charge in [0.2, 0.25) is 0 Å². The van der Waals surface area contributed by atoms with Crippen LogP contribution in [0.25, 0.3) is 11.3 Å². The summed E-state index contributed by atoms with van der Waals surface area (Å²) in [5.74, 6) is -0.196. The molecule has 0 aliphatic heterocycles. The van der Waals surface area contributed by atoms with Crippen LogP contribution in [0.3, 0.4) is 0 Å². The molecule has 2 aromatic heterocycles. The molecule has 0 saturated carbocycles. The van der Waals surface area contributed by atoms with Gasteiger partial charge in [-0.1, -0.05) is 36.4 Å². The van der Waals surface area contributed by atoms with E-state index in [0.717, 1.165) is 11.1 Å². The molecule has 0 saturated heterocycles. The maximum Gasteiger partial charge on any atom is 0.290 e. The topological polar surface area (TPSA) is 90.9 Å². The number of benzene rings is 1. The van der Waals surface area contributed by atoms with Gasteiger partial charge in [-0.05, 0) is 25.0 Å². The van der Waals surface area contributed by atoms with E-state index in [2.05, 4.69) is 10.1 Å². The van der Waals surface area contributed by atoms with Crippen LogP contribution in [0.15, 0.2) is 59.7 Å². The molecule has 26 heavy (non-hydrogen) atoms. The second-order valence-electron chi connectivity index (χ2n) is 5.91. The lowest BCUT2D eigenvalue weighted by Crippen LogP contribution is -2.28. The van der Waals surface area contributed by atoms with Crippen LogP contribution in [-0.4, -0.2) is 20.5 Å². The van der Waals surface area contributed by atoms with Crippen molar-refractivity contribution in [3.63, 3.8) is 0 Å². The van der Waals surface area contributed by atoms with Crippen molar-refractivity contribution >= 4 is 11.5 Å². The Labute approximate surface area is 151 Å². The van der Waals surface area contributed by atoms with Gasteiger partial charge in [0.15, 0.2) is 5.78 Å². The Morgan fingerprint density at radius 3 is 2.58 bits per heavy atom. The highest BCUT2D eigenvalue weighted by atomic mass is 16.1. The highest BCUT2D eigenvalue weighted by Gasteiger charge is 2.22. The van der Waals surface area contributed by atoms with E-state index in [1.165, 1.54) is 4.68 Å². The van der Waals surface area contributed by atoms with E-state index in [-0.39, 0.29) is 23.5 Å². The lowest BCUT2D eigenvalue weighted by Gasteiger charge is -2.13. The van der Waals surface area contributed by atoms with Crippen molar-refractivity contribution in [2.24, 2.45) is 0 Å². The normalized spacial score (nSPS) is 10.7. The predicted molar refractivity (Wildman–Crippen MR) is 101 cm³/mol. The minimum absolute atomic E-state index is 0.0445. The van der Waals surface area contributed by atoms with Gasteiger partial charge in [0.1, 0.15) is 11.4 Å². The summed E-state index contributed by atoms with van der Waals surface area (Å²) in [7, 11) is 0. The third kappa shape index (κ3) is 3.54. The molecule has 0 unspecified atom stereocenters. The third-order valence-electron chi connectivity index (χ3n) is 4.18. The van der Waals surface area contributed by atoms with E-state index in [0.29, 0.717) is 18.7 Å². The van der Waals surface area contributed by atoms with Gasteiger partial charge >= 0.3 is 0 Å². The molecule has 0 amide bonds. The van der Waals surface area contributed by atoms with E-state index in [4.69, 9.17) is 5.73 Å². The zero-order chi connectivity index (χ0) is 18.5. The molecule has 0 atom stereocenters. The van der Waals surface area contributed by atoms with E-state index < -0.39 is 5.56 Å². The molecule has 0 aliphatic rings. The number of hydrogen-bond donors (Lipinski definition) is 1. The monoisotopic (exact) mass is 348 g/mol. The lowest BCUT2D eigenvalue weighted by molar-refractivity contribution is 0.0983. The molecule has 1 aromatic carbocycles. The van der Waals surface area contributed by atoms with E-state index in [9.17, 15) is 9.59 Å². The van der Waals surface area contributed by atoms with E-state index in [1.54, 1.807) is 12.4 Å². The van der Waals surface area contributed by atoms with Gasteiger partial charge in [-0.2, -0.15) is 5.10 Å². The Bertz CT molecular complexity index is 966. The van der Waals surface area contributed by atoms with Crippen molar-refractivity contribution in [1.82, 2.24) is 14.8 Å². The number of aromatic nitrogens is 3. The van der Waals surface area contributed by atoms with Gasteiger partial charge in [-0.15, -0.1) is 0 Å². The molecule has 0 spiro atoms. The van der Waals surface area contributed by atoms with Gasteiger partial charge in [0, 0.05) is 30.9 Å². The van der Waals surface area contributed by atoms with Gasteiger partial charge in [-0.3, -0.25) is 14.6 Å². The maximum absolute atomic E-state index is 12.9. The average molecular weight is 348 g/mol. The van der Waals surface area contributed by atoms with Gasteiger partial charge in [-0.25, -0.2) is 4.68 Å². The fraction of sp³-hybridized carbons (Fsp3) is 0.200. The van der Waals surface area contributed by atoms with Gasteiger partial charge in [0.25, 0.3) is 5.56 Å². The third-order valence-corrected chi connectivity index (χ3v) is 4.18. The molecular weight excluding hydrogens is 328 g/mol. The number of nitrogens with two attached hydrogens (primary N) is 1. The number of nitrogens with zero attached hydrogens (tertiary/aromatic N) is 3. The number of hydrogen-bond acceptors (Lipinski definition) is 5. The first kappa shape index (κ1) is 17.5. The number of carbonyl (C=O) groups excluding carboxylic acids is 1. The molecule has 2 N–H and O–H groups in total. The van der Waals surface area contributed by atoms with Crippen molar-refractivity contribution in [3.8, 4) is 11.3 Å². The van der Waals surface area contributed by atoms with Crippen molar-refractivity contribution in [3.05, 3.63) is 76.3 Å².